The van der Waals surface area contributed by atoms with Gasteiger partial charge in [0.2, 0.25) is 0 Å². The highest BCUT2D eigenvalue weighted by atomic mass is 31.1. The minimum absolute atomic E-state index is 0.419. The average Bonchev–Trinajstić information content (AvgIpc) is 2.61. The summed E-state index contributed by atoms with van der Waals surface area (Å²) in [6.45, 7) is 0. The second-order valence-corrected chi connectivity index (χ2v) is 7.28. The van der Waals surface area contributed by atoms with Gasteiger partial charge in [0.25, 0.3) is 0 Å². The maximum atomic E-state index is 2.26. The standard InChI is InChI=1S/C21H22NP/c1-22(2)19-13-15-20(16-14-19)23-21(17-9-5-3-6-10-17)18-11-7-4-8-12-18/h3-16,21,23H,1-2H3. The largest absolute Gasteiger partial charge is 0.378 e. The van der Waals surface area contributed by atoms with E-state index in [1.807, 2.05) is 0 Å². The first kappa shape index (κ1) is 15.8. The lowest BCUT2D eigenvalue weighted by Crippen LogP contribution is -2.09. The highest BCUT2D eigenvalue weighted by molar-refractivity contribution is 7.47. The molecule has 0 N–H and O–H groups in total. The Bertz CT molecular complexity index is 681. The van der Waals surface area contributed by atoms with Gasteiger partial charge in [0.05, 0.1) is 0 Å². The maximum Gasteiger partial charge on any atom is 0.0361 e. The van der Waals surface area contributed by atoms with Gasteiger partial charge >= 0.3 is 0 Å². The molecule has 0 aromatic heterocycles. The Balaban J connectivity index is 1.90. The minimum atomic E-state index is 0.419. The summed E-state index contributed by atoms with van der Waals surface area (Å²) in [5, 5.41) is 1.40. The molecule has 1 nitrogen and oxygen atoms in total. The first-order chi connectivity index (χ1) is 11.2. The molecule has 23 heavy (non-hydrogen) atoms. The van der Waals surface area contributed by atoms with Crippen molar-refractivity contribution in [2.75, 3.05) is 19.0 Å². The van der Waals surface area contributed by atoms with Crippen molar-refractivity contribution < 1.29 is 0 Å². The minimum Gasteiger partial charge on any atom is -0.378 e. The number of hydrogen-bond donors (Lipinski definition) is 0. The zero-order chi connectivity index (χ0) is 16.1. The molecular formula is C21H22NP. The number of anilines is 1. The summed E-state index contributed by atoms with van der Waals surface area (Å²) in [6.07, 6.45) is 0. The van der Waals surface area contributed by atoms with Crippen LogP contribution in [0.1, 0.15) is 16.8 Å². The van der Waals surface area contributed by atoms with Gasteiger partial charge in [0, 0.05) is 25.4 Å². The molecule has 2 heteroatoms. The molecule has 1 atom stereocenters. The summed E-state index contributed by atoms with van der Waals surface area (Å²) in [4.78, 5) is 2.14. The van der Waals surface area contributed by atoms with Crippen molar-refractivity contribution in [3.8, 4) is 0 Å². The highest BCUT2D eigenvalue weighted by Gasteiger charge is 2.14. The zero-order valence-corrected chi connectivity index (χ0v) is 14.6. The fourth-order valence-corrected chi connectivity index (χ4v) is 4.08. The molecule has 0 bridgehead atoms. The van der Waals surface area contributed by atoms with E-state index in [1.165, 1.54) is 22.1 Å². The number of hydrogen-bond acceptors (Lipinski definition) is 1. The van der Waals surface area contributed by atoms with Gasteiger partial charge in [0.1, 0.15) is 0 Å². The highest BCUT2D eigenvalue weighted by Crippen LogP contribution is 2.39. The topological polar surface area (TPSA) is 3.24 Å². The molecule has 3 aromatic rings. The third-order valence-electron chi connectivity index (χ3n) is 3.96. The normalized spacial score (nSPS) is 11.3. The Labute approximate surface area is 140 Å². The molecule has 0 fully saturated rings. The lowest BCUT2D eigenvalue weighted by molar-refractivity contribution is 1.13. The van der Waals surface area contributed by atoms with Gasteiger partial charge in [-0.15, -0.1) is 0 Å². The monoisotopic (exact) mass is 319 g/mol. The lowest BCUT2D eigenvalue weighted by Gasteiger charge is -2.19. The molecule has 1 unspecified atom stereocenters. The van der Waals surface area contributed by atoms with E-state index in [9.17, 15) is 0 Å². The van der Waals surface area contributed by atoms with Gasteiger partial charge in [0.15, 0.2) is 0 Å². The summed E-state index contributed by atoms with van der Waals surface area (Å²) in [7, 11) is 4.88. The second-order valence-electron chi connectivity index (χ2n) is 5.84. The van der Waals surface area contributed by atoms with Crippen LogP contribution in [0.5, 0.6) is 0 Å². The van der Waals surface area contributed by atoms with E-state index in [0.29, 0.717) is 5.66 Å². The van der Waals surface area contributed by atoms with Crippen LogP contribution in [0.4, 0.5) is 5.69 Å². The van der Waals surface area contributed by atoms with Crippen molar-refractivity contribution in [1.82, 2.24) is 0 Å². The maximum absolute atomic E-state index is 2.26. The Kier molecular flexibility index (Phi) is 5.10. The van der Waals surface area contributed by atoms with Crippen LogP contribution in [-0.2, 0) is 0 Å². The molecule has 0 saturated heterocycles. The Morgan fingerprint density at radius 1 is 0.652 bits per heavy atom. The summed E-state index contributed by atoms with van der Waals surface area (Å²) in [5.41, 5.74) is 4.43. The molecule has 3 aromatic carbocycles. The SMILES string of the molecule is CN(C)c1ccc(PC(c2ccccc2)c2ccccc2)cc1. The predicted molar refractivity (Wildman–Crippen MR) is 103 cm³/mol. The van der Waals surface area contributed by atoms with Crippen molar-refractivity contribution in [3.63, 3.8) is 0 Å². The smallest absolute Gasteiger partial charge is 0.0361 e. The molecule has 0 aliphatic heterocycles. The van der Waals surface area contributed by atoms with Crippen LogP contribution in [0.25, 0.3) is 0 Å². The van der Waals surface area contributed by atoms with E-state index in [4.69, 9.17) is 0 Å². The van der Waals surface area contributed by atoms with E-state index in [0.717, 1.165) is 8.58 Å². The summed E-state index contributed by atoms with van der Waals surface area (Å²) >= 11 is 0. The fraction of sp³-hybridized carbons (Fsp3) is 0.143. The van der Waals surface area contributed by atoms with E-state index >= 15 is 0 Å². The zero-order valence-electron chi connectivity index (χ0n) is 13.6. The summed E-state index contributed by atoms with van der Waals surface area (Å²) in [6, 6.07) is 30.5. The van der Waals surface area contributed by atoms with Crippen molar-refractivity contribution in [1.29, 1.82) is 0 Å². The Morgan fingerprint density at radius 2 is 1.13 bits per heavy atom. The van der Waals surface area contributed by atoms with Gasteiger partial charge in [-0.2, -0.15) is 0 Å². The van der Waals surface area contributed by atoms with Crippen molar-refractivity contribution in [2.45, 2.75) is 5.66 Å². The average molecular weight is 319 g/mol. The van der Waals surface area contributed by atoms with Gasteiger partial charge in [-0.3, -0.25) is 0 Å². The molecule has 0 amide bonds. The van der Waals surface area contributed by atoms with Crippen LogP contribution >= 0.6 is 8.58 Å². The molecule has 0 saturated carbocycles. The van der Waals surface area contributed by atoms with Crippen LogP contribution < -0.4 is 10.2 Å². The molecule has 0 aliphatic rings. The Morgan fingerprint density at radius 3 is 1.57 bits per heavy atom. The number of nitrogens with zero attached hydrogens (tertiary/aromatic N) is 1. The van der Waals surface area contributed by atoms with Crippen molar-refractivity contribution >= 4 is 19.6 Å². The molecule has 3 rings (SSSR count). The first-order valence-corrected chi connectivity index (χ1v) is 8.95. The van der Waals surface area contributed by atoms with Gasteiger partial charge in [-0.25, -0.2) is 0 Å². The molecular weight excluding hydrogens is 297 g/mol. The third kappa shape index (κ3) is 4.00. The predicted octanol–water partition coefficient (Wildman–Crippen LogP) is 4.85. The van der Waals surface area contributed by atoms with Crippen LogP contribution in [0, 0.1) is 0 Å². The lowest BCUT2D eigenvalue weighted by atomic mass is 10.0. The number of rotatable bonds is 5. The van der Waals surface area contributed by atoms with Crippen molar-refractivity contribution in [2.24, 2.45) is 0 Å². The summed E-state index contributed by atoms with van der Waals surface area (Å²) < 4.78 is 0. The first-order valence-electron chi connectivity index (χ1n) is 7.88. The van der Waals surface area contributed by atoms with Crippen LogP contribution in [0.2, 0.25) is 0 Å². The fourth-order valence-electron chi connectivity index (χ4n) is 2.67. The van der Waals surface area contributed by atoms with E-state index < -0.39 is 0 Å². The van der Waals surface area contributed by atoms with Crippen molar-refractivity contribution in [3.05, 3.63) is 96.1 Å². The van der Waals surface area contributed by atoms with Crippen LogP contribution in [0.3, 0.4) is 0 Å². The van der Waals surface area contributed by atoms with E-state index in [1.54, 1.807) is 0 Å². The van der Waals surface area contributed by atoms with E-state index in [2.05, 4.69) is 104 Å². The van der Waals surface area contributed by atoms with Gasteiger partial charge in [-0.1, -0.05) is 81.4 Å². The molecule has 0 heterocycles. The Hall–Kier alpha value is -2.11. The third-order valence-corrected chi connectivity index (χ3v) is 5.58. The quantitative estimate of drug-likeness (QED) is 0.608. The number of benzene rings is 3. The molecule has 0 radical (unpaired) electrons. The molecule has 0 aliphatic carbocycles. The molecule has 0 spiro atoms. The second kappa shape index (κ2) is 7.44. The van der Waals surface area contributed by atoms with E-state index in [-0.39, 0.29) is 0 Å². The van der Waals surface area contributed by atoms with Crippen LogP contribution in [0.15, 0.2) is 84.9 Å². The van der Waals surface area contributed by atoms with Gasteiger partial charge in [-0.05, 0) is 28.6 Å². The van der Waals surface area contributed by atoms with Crippen LogP contribution in [-0.4, -0.2) is 14.1 Å². The summed E-state index contributed by atoms with van der Waals surface area (Å²) in [5.74, 6) is 0. The molecule has 116 valence electrons. The van der Waals surface area contributed by atoms with Gasteiger partial charge < -0.3 is 4.90 Å².